The minimum atomic E-state index is -0.766. The Labute approximate surface area is 198 Å². The summed E-state index contributed by atoms with van der Waals surface area (Å²) in [7, 11) is 1.66. The van der Waals surface area contributed by atoms with E-state index < -0.39 is 6.17 Å². The summed E-state index contributed by atoms with van der Waals surface area (Å²) >= 11 is 0. The van der Waals surface area contributed by atoms with Crippen LogP contribution in [0.15, 0.2) is 24.4 Å². The number of pyridine rings is 1. The van der Waals surface area contributed by atoms with E-state index in [0.29, 0.717) is 43.2 Å². The fourth-order valence-corrected chi connectivity index (χ4v) is 4.28. The molecule has 0 aromatic carbocycles. The first kappa shape index (κ1) is 22.6. The van der Waals surface area contributed by atoms with Gasteiger partial charge in [0, 0.05) is 58.0 Å². The number of anilines is 4. The van der Waals surface area contributed by atoms with Crippen molar-refractivity contribution in [3.8, 4) is 0 Å². The number of aromatic nitrogens is 5. The Morgan fingerprint density at radius 3 is 2.59 bits per heavy atom. The monoisotopic (exact) mass is 467 g/mol. The molecule has 0 spiro atoms. The van der Waals surface area contributed by atoms with Crippen molar-refractivity contribution in [2.75, 3.05) is 61.5 Å². The van der Waals surface area contributed by atoms with Gasteiger partial charge in [0.05, 0.1) is 11.8 Å². The van der Waals surface area contributed by atoms with Gasteiger partial charge < -0.3 is 25.2 Å². The number of piperazine rings is 1. The third-order valence-electron chi connectivity index (χ3n) is 6.39. The lowest BCUT2D eigenvalue weighted by molar-refractivity contribution is 0.116. The maximum Gasteiger partial charge on any atom is 0.229 e. The minimum absolute atomic E-state index is 0.177. The number of nitrogens with one attached hydrogen (secondary N) is 2. The van der Waals surface area contributed by atoms with Crippen LogP contribution in [-0.2, 0) is 4.74 Å². The largest absolute Gasteiger partial charge is 0.375 e. The van der Waals surface area contributed by atoms with E-state index in [1.165, 1.54) is 0 Å². The zero-order valence-electron chi connectivity index (χ0n) is 19.5. The van der Waals surface area contributed by atoms with Crippen LogP contribution in [0.25, 0.3) is 10.9 Å². The van der Waals surface area contributed by atoms with Crippen molar-refractivity contribution in [3.05, 3.63) is 30.1 Å². The van der Waals surface area contributed by atoms with Gasteiger partial charge in [-0.25, -0.2) is 19.3 Å². The molecule has 1 atom stereocenters. The number of piperidine rings is 1. The second-order valence-corrected chi connectivity index (χ2v) is 8.68. The Morgan fingerprint density at radius 1 is 1.09 bits per heavy atom. The van der Waals surface area contributed by atoms with Gasteiger partial charge in [-0.15, -0.1) is 10.2 Å². The van der Waals surface area contributed by atoms with Crippen molar-refractivity contribution in [1.82, 2.24) is 30.5 Å². The van der Waals surface area contributed by atoms with Crippen molar-refractivity contribution in [2.45, 2.75) is 32.0 Å². The predicted octanol–water partition coefficient (Wildman–Crippen LogP) is 2.61. The summed E-state index contributed by atoms with van der Waals surface area (Å²) in [4.78, 5) is 18.4. The van der Waals surface area contributed by atoms with Crippen molar-refractivity contribution in [1.29, 1.82) is 0 Å². The number of rotatable bonds is 6. The van der Waals surface area contributed by atoms with Gasteiger partial charge in [-0.3, -0.25) is 0 Å². The maximum atomic E-state index is 13.8. The average Bonchev–Trinajstić information content (AvgIpc) is 2.89. The van der Waals surface area contributed by atoms with E-state index in [4.69, 9.17) is 14.7 Å². The molecule has 2 saturated heterocycles. The molecule has 34 heavy (non-hydrogen) atoms. The number of nitrogens with zero attached hydrogens (tertiary/aromatic N) is 7. The van der Waals surface area contributed by atoms with Crippen LogP contribution in [0, 0.1) is 0 Å². The molecule has 2 N–H and O–H groups in total. The van der Waals surface area contributed by atoms with E-state index in [1.807, 2.05) is 25.1 Å². The number of alkyl halides is 1. The van der Waals surface area contributed by atoms with E-state index in [1.54, 1.807) is 13.3 Å². The highest BCUT2D eigenvalue weighted by atomic mass is 19.1. The molecule has 0 amide bonds. The van der Waals surface area contributed by atoms with Crippen molar-refractivity contribution < 1.29 is 9.13 Å². The molecule has 0 saturated carbocycles. The number of methoxy groups -OCH3 is 1. The summed E-state index contributed by atoms with van der Waals surface area (Å²) in [5.41, 5.74) is 1.51. The standard InChI is InChI=1S/C23H30FN9O/c1-15(34-2)18-13-16-14-26-23(29-21(16)22(27-18)33-9-5-17(24)6-10-33)28-19-3-4-20(31-30-19)32-11-7-25-8-12-32/h3-4,13-15,17,25H,5-12H2,1-2H3,(H,26,28,29,30)/t15-/m1/s1. The van der Waals surface area contributed by atoms with Crippen LogP contribution in [0.1, 0.15) is 31.6 Å². The van der Waals surface area contributed by atoms with E-state index in [2.05, 4.69) is 35.6 Å². The van der Waals surface area contributed by atoms with Gasteiger partial charge in [0.1, 0.15) is 11.7 Å². The number of hydrogen-bond donors (Lipinski definition) is 2. The van der Waals surface area contributed by atoms with E-state index in [-0.39, 0.29) is 6.10 Å². The summed E-state index contributed by atoms with van der Waals surface area (Å²) in [6.07, 6.45) is 1.80. The van der Waals surface area contributed by atoms with Crippen LogP contribution in [0.2, 0.25) is 0 Å². The minimum Gasteiger partial charge on any atom is -0.375 e. The second-order valence-electron chi connectivity index (χ2n) is 8.68. The third kappa shape index (κ3) is 4.85. The highest BCUT2D eigenvalue weighted by molar-refractivity contribution is 5.89. The van der Waals surface area contributed by atoms with Crippen LogP contribution in [-0.4, -0.2) is 77.7 Å². The van der Waals surface area contributed by atoms with E-state index in [9.17, 15) is 4.39 Å². The van der Waals surface area contributed by atoms with Gasteiger partial charge in [0.25, 0.3) is 0 Å². The highest BCUT2D eigenvalue weighted by Gasteiger charge is 2.23. The molecule has 2 aliphatic heterocycles. The fraction of sp³-hybridized carbons (Fsp3) is 0.522. The van der Waals surface area contributed by atoms with Gasteiger partial charge in [-0.1, -0.05) is 0 Å². The Hall–Kier alpha value is -3.18. The lowest BCUT2D eigenvalue weighted by atomic mass is 10.1. The summed E-state index contributed by atoms with van der Waals surface area (Å²) < 4.78 is 19.3. The van der Waals surface area contributed by atoms with Crippen molar-refractivity contribution in [3.63, 3.8) is 0 Å². The first-order valence-corrected chi connectivity index (χ1v) is 11.8. The van der Waals surface area contributed by atoms with Crippen molar-refractivity contribution >= 4 is 34.3 Å². The SMILES string of the molecule is CO[C@H](C)c1cc2cnc(Nc3ccc(N4CCNCC4)nn3)nc2c(N2CCC(F)CC2)n1. The second kappa shape index (κ2) is 9.98. The van der Waals surface area contributed by atoms with E-state index in [0.717, 1.165) is 48.9 Å². The number of fused-ring (bicyclic) bond motifs is 1. The molecule has 10 nitrogen and oxygen atoms in total. The predicted molar refractivity (Wildman–Crippen MR) is 129 cm³/mol. The molecule has 5 heterocycles. The van der Waals surface area contributed by atoms with Crippen LogP contribution >= 0.6 is 0 Å². The lowest BCUT2D eigenvalue weighted by Crippen LogP contribution is -2.43. The van der Waals surface area contributed by atoms with Crippen LogP contribution in [0.4, 0.5) is 27.8 Å². The number of ether oxygens (including phenoxy) is 1. The highest BCUT2D eigenvalue weighted by Crippen LogP contribution is 2.30. The van der Waals surface area contributed by atoms with Gasteiger partial charge in [0.2, 0.25) is 5.95 Å². The molecule has 0 bridgehead atoms. The molecular weight excluding hydrogens is 437 g/mol. The zero-order valence-corrected chi connectivity index (χ0v) is 19.5. The molecule has 0 aliphatic carbocycles. The Morgan fingerprint density at radius 2 is 1.88 bits per heavy atom. The molecule has 11 heteroatoms. The maximum absolute atomic E-state index is 13.8. The van der Waals surface area contributed by atoms with Crippen LogP contribution in [0.5, 0.6) is 0 Å². The number of halogens is 1. The number of hydrogen-bond acceptors (Lipinski definition) is 10. The average molecular weight is 468 g/mol. The summed E-state index contributed by atoms with van der Waals surface area (Å²) in [6, 6.07) is 5.78. The molecule has 3 aromatic heterocycles. The quantitative estimate of drug-likeness (QED) is 0.562. The normalized spacial score (nSPS) is 18.3. The lowest BCUT2D eigenvalue weighted by Gasteiger charge is -2.30. The first-order valence-electron chi connectivity index (χ1n) is 11.8. The summed E-state index contributed by atoms with van der Waals surface area (Å²) in [6.45, 7) is 6.85. The van der Waals surface area contributed by atoms with Crippen LogP contribution in [0.3, 0.4) is 0 Å². The fourth-order valence-electron chi connectivity index (χ4n) is 4.28. The van der Waals surface area contributed by atoms with E-state index >= 15 is 0 Å². The zero-order chi connectivity index (χ0) is 23.5. The van der Waals surface area contributed by atoms with Gasteiger partial charge >= 0.3 is 0 Å². The van der Waals surface area contributed by atoms with Crippen molar-refractivity contribution in [2.24, 2.45) is 0 Å². The smallest absolute Gasteiger partial charge is 0.229 e. The summed E-state index contributed by atoms with van der Waals surface area (Å²) in [5, 5.41) is 16.0. The topological polar surface area (TPSA) is 104 Å². The Balaban J connectivity index is 1.42. The first-order chi connectivity index (χ1) is 16.6. The van der Waals surface area contributed by atoms with Gasteiger partial charge in [0.15, 0.2) is 17.5 Å². The van der Waals surface area contributed by atoms with Gasteiger partial charge in [-0.05, 0) is 38.0 Å². The van der Waals surface area contributed by atoms with Crippen LogP contribution < -0.4 is 20.4 Å². The molecule has 3 aromatic rings. The molecular formula is C23H30FN9O. The van der Waals surface area contributed by atoms with Gasteiger partial charge in [-0.2, -0.15) is 0 Å². The molecule has 0 radical (unpaired) electrons. The molecule has 2 aliphatic rings. The molecule has 0 unspecified atom stereocenters. The molecule has 5 rings (SSSR count). The third-order valence-corrected chi connectivity index (χ3v) is 6.39. The Bertz CT molecular complexity index is 1120. The molecule has 2 fully saturated rings. The molecule has 180 valence electrons. The Kier molecular flexibility index (Phi) is 6.63. The summed E-state index contributed by atoms with van der Waals surface area (Å²) in [5.74, 6) is 2.56.